The molecule has 9 atom stereocenters. The molecule has 0 aliphatic carbocycles. The number of imidazole rings is 1. The predicted molar refractivity (Wildman–Crippen MR) is 378 cm³/mol. The number of hydrogen-bond donors (Lipinski definition) is 17. The third-order valence-electron chi connectivity index (χ3n) is 17.8. The van der Waals surface area contributed by atoms with E-state index in [0.29, 0.717) is 53.7 Å². The maximum absolute atomic E-state index is 15.0. The molecule has 2 aromatic carbocycles. The van der Waals surface area contributed by atoms with E-state index in [-0.39, 0.29) is 101 Å². The van der Waals surface area contributed by atoms with Gasteiger partial charge in [-0.2, -0.15) is 0 Å². The Morgan fingerprint density at radius 3 is 1.86 bits per heavy atom. The molecule has 554 valence electrons. The highest BCUT2D eigenvalue weighted by Crippen LogP contribution is 2.23. The minimum absolute atomic E-state index is 0.0104. The standard InChI is InChI=1S/C70H106N18O13/c1-4-5-6-7-8-9-10-11-12-15-30-74-31-16-21-50(61(93)83-53(34-43(2)3)63(95)82-52(22-17-32-76-70(72)73)69(101)88-33-18-23-58(88)68(100)78-40-59(71)91)81-64(96)54(35-44-24-26-47(90)27-25-44)84-67(99)57(41-89)87-65(97)55(36-45-38-77-49-20-14-13-19-48(45)49)85-66(98)56(37-46-39-75-42-79-46)86-62(94)51-28-29-60(92)80-51/h13-14,19-20,24-27,38-39,42-43,50-58,74,77,89-90H,4-12,15-18,21-23,28-37,40-41H2,1-3H3,(H2,71,91)(H,75,79)(H,78,100)(H,80,92)(H,81,96)(H,82,95)(H,83,93)(H,84,99)(H,85,98)(H,86,94)(H,87,97)(H4,72,73,76)/t50-,51+,52+,53+,54+,55+,56+,57+,58+/m1/s1. The fourth-order valence-electron chi connectivity index (χ4n) is 12.4. The molecular formula is C70H106N18O13. The Bertz CT molecular complexity index is 3380. The number of primary amides is 1. The van der Waals surface area contributed by atoms with Crippen LogP contribution in [0.2, 0.25) is 0 Å². The molecule has 31 heteroatoms. The van der Waals surface area contributed by atoms with Gasteiger partial charge < -0.3 is 95.4 Å². The van der Waals surface area contributed by atoms with Gasteiger partial charge in [0.25, 0.3) is 0 Å². The van der Waals surface area contributed by atoms with Crippen LogP contribution in [-0.2, 0) is 72.0 Å². The smallest absolute Gasteiger partial charge is 0.245 e. The number of aliphatic hydroxyl groups excluding tert-OH is 1. The number of aromatic hydroxyl groups is 1. The van der Waals surface area contributed by atoms with E-state index >= 15 is 4.79 Å². The average Bonchev–Trinajstić information content (AvgIpc) is 1.79. The number of unbranched alkanes of at least 4 members (excludes halogenated alkanes) is 9. The summed E-state index contributed by atoms with van der Waals surface area (Å²) in [5.74, 6) is -8.71. The molecule has 20 N–H and O–H groups in total. The zero-order valence-electron chi connectivity index (χ0n) is 58.4. The molecule has 101 heavy (non-hydrogen) atoms. The van der Waals surface area contributed by atoms with E-state index in [4.69, 9.17) is 17.2 Å². The second-order valence-electron chi connectivity index (χ2n) is 26.5. The first-order valence-corrected chi connectivity index (χ1v) is 35.5. The lowest BCUT2D eigenvalue weighted by Gasteiger charge is -2.30. The summed E-state index contributed by atoms with van der Waals surface area (Å²) in [6.45, 7) is 5.76. The van der Waals surface area contributed by atoms with E-state index in [1.807, 2.05) is 19.9 Å². The van der Waals surface area contributed by atoms with Gasteiger partial charge in [0.1, 0.15) is 60.1 Å². The zero-order chi connectivity index (χ0) is 73.2. The van der Waals surface area contributed by atoms with E-state index in [9.17, 15) is 58.2 Å². The van der Waals surface area contributed by atoms with Crippen LogP contribution >= 0.6 is 0 Å². The Morgan fingerprint density at radius 2 is 1.23 bits per heavy atom. The molecule has 0 bridgehead atoms. The molecule has 4 aromatic rings. The summed E-state index contributed by atoms with van der Waals surface area (Å²) in [6, 6.07) is 1.04. The fraction of sp³-hybridized carbons (Fsp3) is 0.586. The Labute approximate surface area is 589 Å². The van der Waals surface area contributed by atoms with Crippen LogP contribution in [0.4, 0.5) is 0 Å². The number of carbonyl (C=O) groups is 11. The molecule has 2 saturated heterocycles. The molecule has 4 heterocycles. The van der Waals surface area contributed by atoms with Crippen LogP contribution in [0.5, 0.6) is 5.75 Å². The van der Waals surface area contributed by atoms with Gasteiger partial charge in [-0.05, 0) is 106 Å². The van der Waals surface area contributed by atoms with Crippen LogP contribution in [-0.4, -0.2) is 195 Å². The number of aromatic nitrogens is 3. The molecular weight excluding hydrogens is 1300 g/mol. The molecule has 2 aliphatic rings. The van der Waals surface area contributed by atoms with Gasteiger partial charge in [-0.1, -0.05) is 109 Å². The minimum Gasteiger partial charge on any atom is -0.508 e. The molecule has 6 rings (SSSR count). The molecule has 2 aromatic heterocycles. The number of rotatable bonds is 46. The van der Waals surface area contributed by atoms with Gasteiger partial charge in [0.2, 0.25) is 65.0 Å². The molecule has 0 spiro atoms. The lowest BCUT2D eigenvalue weighted by atomic mass is 10.00. The lowest BCUT2D eigenvalue weighted by Crippen LogP contribution is -2.61. The summed E-state index contributed by atoms with van der Waals surface area (Å²) in [5.41, 5.74) is 18.6. The van der Waals surface area contributed by atoms with Crippen molar-refractivity contribution in [2.24, 2.45) is 28.1 Å². The highest BCUT2D eigenvalue weighted by Gasteiger charge is 2.40. The Balaban J connectivity index is 1.24. The fourth-order valence-corrected chi connectivity index (χ4v) is 12.4. The zero-order valence-corrected chi connectivity index (χ0v) is 58.4. The highest BCUT2D eigenvalue weighted by atomic mass is 16.3. The summed E-state index contributed by atoms with van der Waals surface area (Å²) in [7, 11) is 0. The maximum atomic E-state index is 15.0. The molecule has 11 amide bonds. The van der Waals surface area contributed by atoms with Crippen molar-refractivity contribution in [3.05, 3.63) is 84.1 Å². The van der Waals surface area contributed by atoms with Gasteiger partial charge in [0.15, 0.2) is 5.96 Å². The summed E-state index contributed by atoms with van der Waals surface area (Å²) in [5, 5.41) is 49.5. The molecule has 0 saturated carbocycles. The summed E-state index contributed by atoms with van der Waals surface area (Å²) < 4.78 is 0. The van der Waals surface area contributed by atoms with Crippen LogP contribution < -0.4 is 70.4 Å². The first kappa shape index (κ1) is 80.3. The van der Waals surface area contributed by atoms with Crippen molar-refractivity contribution < 1.29 is 63.0 Å². The van der Waals surface area contributed by atoms with Crippen LogP contribution in [0.3, 0.4) is 0 Å². The van der Waals surface area contributed by atoms with Crippen molar-refractivity contribution in [2.45, 2.75) is 216 Å². The number of aliphatic hydroxyl groups is 1. The number of nitrogens with two attached hydrogens (primary N) is 3. The number of phenols is 1. The monoisotopic (exact) mass is 1410 g/mol. The van der Waals surface area contributed by atoms with Crippen molar-refractivity contribution in [3.63, 3.8) is 0 Å². The Kier molecular flexibility index (Phi) is 33.8. The average molecular weight is 1410 g/mol. The number of H-pyrrole nitrogens is 2. The number of aliphatic imine (C=N–C) groups is 1. The summed E-state index contributed by atoms with van der Waals surface area (Å²) >= 11 is 0. The number of aromatic amines is 2. The van der Waals surface area contributed by atoms with E-state index in [1.54, 1.807) is 24.4 Å². The van der Waals surface area contributed by atoms with Gasteiger partial charge in [-0.3, -0.25) is 57.7 Å². The summed E-state index contributed by atoms with van der Waals surface area (Å²) in [4.78, 5) is 169. The second-order valence-corrected chi connectivity index (χ2v) is 26.5. The maximum Gasteiger partial charge on any atom is 0.245 e. The van der Waals surface area contributed by atoms with Crippen LogP contribution in [0.1, 0.15) is 160 Å². The molecule has 2 aliphatic heterocycles. The van der Waals surface area contributed by atoms with E-state index < -0.39 is 127 Å². The number of amides is 11. The number of guanidine groups is 1. The number of likely N-dealkylation sites (tertiary alicyclic amines) is 1. The van der Waals surface area contributed by atoms with Gasteiger partial charge in [-0.15, -0.1) is 0 Å². The first-order valence-electron chi connectivity index (χ1n) is 35.5. The van der Waals surface area contributed by atoms with Gasteiger partial charge in [0.05, 0.1) is 19.5 Å². The SMILES string of the molecule is CCCCCCCCCCCCNCCC[C@@H](NC(=O)[C@H](Cc1ccc(O)cc1)NC(=O)[C@H](CO)NC(=O)[C@H](Cc1c[nH]c2ccccc12)NC(=O)[C@H](Cc1cnc[nH]1)NC(=O)[C@@H]1CCC(=O)N1)C(=O)N[C@@H](CC(C)C)C(=O)N[C@@H](CCCN=C(N)N)C(=O)N1CCC[C@H]1C(=O)NCC(N)=O. The predicted octanol–water partition coefficient (Wildman–Crippen LogP) is 0.272. The van der Waals surface area contributed by atoms with Crippen molar-refractivity contribution in [1.82, 2.24) is 73.0 Å². The quantitative estimate of drug-likeness (QED) is 0.0160. The summed E-state index contributed by atoms with van der Waals surface area (Å²) in [6.07, 6.45) is 17.2. The van der Waals surface area contributed by atoms with Crippen molar-refractivity contribution >= 4 is 81.8 Å². The van der Waals surface area contributed by atoms with Crippen LogP contribution in [0, 0.1) is 5.92 Å². The lowest BCUT2D eigenvalue weighted by molar-refractivity contribution is -0.142. The number of benzene rings is 2. The number of nitrogens with one attached hydrogen (secondary N) is 12. The van der Waals surface area contributed by atoms with Crippen LogP contribution in [0.15, 0.2) is 72.2 Å². The minimum atomic E-state index is -1.78. The highest BCUT2D eigenvalue weighted by molar-refractivity contribution is 6.00. The number of phenolic OH excluding ortho intramolecular Hbond substituents is 1. The van der Waals surface area contributed by atoms with Crippen molar-refractivity contribution in [2.75, 3.05) is 39.3 Å². The van der Waals surface area contributed by atoms with Crippen molar-refractivity contribution in [3.8, 4) is 5.75 Å². The Morgan fingerprint density at radius 1 is 0.644 bits per heavy atom. The van der Waals surface area contributed by atoms with Crippen molar-refractivity contribution in [1.29, 1.82) is 0 Å². The van der Waals surface area contributed by atoms with Crippen LogP contribution in [0.25, 0.3) is 10.9 Å². The molecule has 0 radical (unpaired) electrons. The van der Waals surface area contributed by atoms with E-state index in [1.165, 1.54) is 80.2 Å². The number of fused-ring (bicyclic) bond motifs is 1. The molecule has 31 nitrogen and oxygen atoms in total. The molecule has 0 unspecified atom stereocenters. The number of carbonyl (C=O) groups excluding carboxylic acids is 11. The normalized spacial score (nSPS) is 16.3. The largest absolute Gasteiger partial charge is 0.508 e. The number of para-hydroxylation sites is 1. The Hall–Kier alpha value is -9.65. The number of nitrogens with zero attached hydrogens (tertiary/aromatic N) is 3. The third-order valence-corrected chi connectivity index (χ3v) is 17.8. The molecule has 2 fully saturated rings. The first-order chi connectivity index (χ1) is 48.5. The van der Waals surface area contributed by atoms with Gasteiger partial charge in [-0.25, -0.2) is 4.98 Å². The topological polar surface area (TPSA) is 487 Å². The van der Waals surface area contributed by atoms with E-state index in [2.05, 4.69) is 80.0 Å². The third kappa shape index (κ3) is 27.4. The number of hydrogen-bond acceptors (Lipinski definition) is 16. The second kappa shape index (κ2) is 42.5. The van der Waals surface area contributed by atoms with E-state index in [0.717, 1.165) is 25.7 Å². The van der Waals surface area contributed by atoms with Gasteiger partial charge >= 0.3 is 0 Å². The van der Waals surface area contributed by atoms with Gasteiger partial charge in [0, 0.05) is 67.8 Å².